The summed E-state index contributed by atoms with van der Waals surface area (Å²) in [4.78, 5) is 16.5. The molecule has 0 fully saturated rings. The second-order valence-electron chi connectivity index (χ2n) is 5.84. The van der Waals surface area contributed by atoms with E-state index in [1.54, 1.807) is 19.2 Å². The zero-order chi connectivity index (χ0) is 19.2. The van der Waals surface area contributed by atoms with Crippen molar-refractivity contribution in [1.82, 2.24) is 10.3 Å². The number of carbonyl (C=O) groups is 1. The van der Waals surface area contributed by atoms with Gasteiger partial charge in [-0.3, -0.25) is 4.79 Å². The molecule has 3 rings (SSSR count). The molecule has 0 saturated heterocycles. The predicted molar refractivity (Wildman–Crippen MR) is 96.1 cm³/mol. The first-order valence-corrected chi connectivity index (χ1v) is 8.32. The zero-order valence-corrected chi connectivity index (χ0v) is 14.9. The van der Waals surface area contributed by atoms with Crippen molar-refractivity contribution in [1.29, 1.82) is 0 Å². The van der Waals surface area contributed by atoms with Gasteiger partial charge < -0.3 is 19.2 Å². The van der Waals surface area contributed by atoms with Crippen molar-refractivity contribution in [3.63, 3.8) is 0 Å². The minimum Gasteiger partial charge on any atom is -0.497 e. The van der Waals surface area contributed by atoms with Gasteiger partial charge in [-0.25, -0.2) is 9.37 Å². The molecule has 1 amide bonds. The fraction of sp³-hybridized carbons (Fsp3) is 0.200. The Labute approximate surface area is 155 Å². The molecule has 0 aliphatic carbocycles. The highest BCUT2D eigenvalue weighted by molar-refractivity contribution is 5.92. The summed E-state index contributed by atoms with van der Waals surface area (Å²) in [6.07, 6.45) is 1.26. The largest absolute Gasteiger partial charge is 0.497 e. The van der Waals surface area contributed by atoms with Crippen LogP contribution in [0, 0.1) is 5.82 Å². The van der Waals surface area contributed by atoms with Crippen LogP contribution in [0.5, 0.6) is 11.5 Å². The minimum atomic E-state index is -0.397. The third-order valence-electron chi connectivity index (χ3n) is 3.88. The summed E-state index contributed by atoms with van der Waals surface area (Å²) in [5, 5.41) is 2.85. The molecule has 0 aliphatic heterocycles. The molecule has 6 nitrogen and oxygen atoms in total. The maximum atomic E-state index is 13.1. The van der Waals surface area contributed by atoms with Gasteiger partial charge in [0.25, 0.3) is 5.91 Å². The Bertz CT molecular complexity index is 926. The van der Waals surface area contributed by atoms with Crippen LogP contribution in [0.25, 0.3) is 0 Å². The Balaban J connectivity index is 1.59. The first-order chi connectivity index (χ1) is 13.0. The highest BCUT2D eigenvalue weighted by atomic mass is 19.1. The first kappa shape index (κ1) is 18.4. The van der Waals surface area contributed by atoms with E-state index in [9.17, 15) is 9.18 Å². The van der Waals surface area contributed by atoms with Gasteiger partial charge in [0.1, 0.15) is 23.6 Å². The average molecular weight is 370 g/mol. The lowest BCUT2D eigenvalue weighted by atomic mass is 10.1. The zero-order valence-electron chi connectivity index (χ0n) is 14.9. The molecule has 0 unspecified atom stereocenters. The molecule has 0 saturated carbocycles. The number of ether oxygens (including phenoxy) is 2. The highest BCUT2D eigenvalue weighted by Crippen LogP contribution is 2.19. The summed E-state index contributed by atoms with van der Waals surface area (Å²) >= 11 is 0. The van der Waals surface area contributed by atoms with E-state index in [1.165, 1.54) is 18.4 Å². The van der Waals surface area contributed by atoms with Crippen molar-refractivity contribution < 1.29 is 23.1 Å². The fourth-order valence-corrected chi connectivity index (χ4v) is 2.45. The van der Waals surface area contributed by atoms with Gasteiger partial charge >= 0.3 is 0 Å². The first-order valence-electron chi connectivity index (χ1n) is 8.32. The van der Waals surface area contributed by atoms with E-state index in [0.717, 1.165) is 5.56 Å². The number of carbonyl (C=O) groups excluding carboxylic acids is 1. The van der Waals surface area contributed by atoms with Gasteiger partial charge in [0.05, 0.1) is 13.2 Å². The smallest absolute Gasteiger partial charge is 0.273 e. The average Bonchev–Trinajstić information content (AvgIpc) is 3.16. The second kappa shape index (κ2) is 8.35. The second-order valence-corrected chi connectivity index (χ2v) is 5.84. The van der Waals surface area contributed by atoms with Crippen LogP contribution < -0.4 is 14.8 Å². The molecule has 0 bridgehead atoms. The quantitative estimate of drug-likeness (QED) is 0.683. The van der Waals surface area contributed by atoms with E-state index in [4.69, 9.17) is 13.9 Å². The standard InChI is InChI=1S/C20H19FN2O4/c1-13(14-5-3-7-16(9-14)25-2)22-20(24)18-11-27-19(23-18)12-26-17-8-4-6-15(21)10-17/h3-11,13H,12H2,1-2H3,(H,22,24)/t13-/m1/s1. The Kier molecular flexibility index (Phi) is 5.71. The molecule has 7 heteroatoms. The number of aromatic nitrogens is 1. The number of rotatable bonds is 7. The summed E-state index contributed by atoms with van der Waals surface area (Å²) in [6.45, 7) is 1.85. The number of halogens is 1. The van der Waals surface area contributed by atoms with Crippen molar-refractivity contribution in [2.24, 2.45) is 0 Å². The molecule has 140 valence electrons. The van der Waals surface area contributed by atoms with Gasteiger partial charge in [-0.1, -0.05) is 18.2 Å². The van der Waals surface area contributed by atoms with Crippen LogP contribution in [0.15, 0.2) is 59.2 Å². The lowest BCUT2D eigenvalue weighted by molar-refractivity contribution is 0.0934. The summed E-state index contributed by atoms with van der Waals surface area (Å²) in [7, 11) is 1.59. The number of oxazole rings is 1. The van der Waals surface area contributed by atoms with Crippen LogP contribution in [0.1, 0.15) is 34.9 Å². The number of amides is 1. The fourth-order valence-electron chi connectivity index (χ4n) is 2.45. The number of nitrogens with one attached hydrogen (secondary N) is 1. The van der Waals surface area contributed by atoms with Gasteiger partial charge in [0.2, 0.25) is 5.89 Å². The van der Waals surface area contributed by atoms with Gasteiger partial charge in [0.15, 0.2) is 12.3 Å². The molecular weight excluding hydrogens is 351 g/mol. The third-order valence-corrected chi connectivity index (χ3v) is 3.88. The van der Waals surface area contributed by atoms with E-state index >= 15 is 0 Å². The number of hydrogen-bond acceptors (Lipinski definition) is 5. The third kappa shape index (κ3) is 4.84. The monoisotopic (exact) mass is 370 g/mol. The molecule has 1 aromatic heterocycles. The summed E-state index contributed by atoms with van der Waals surface area (Å²) in [5.41, 5.74) is 1.04. The topological polar surface area (TPSA) is 73.6 Å². The highest BCUT2D eigenvalue weighted by Gasteiger charge is 2.16. The van der Waals surface area contributed by atoms with Crippen molar-refractivity contribution in [2.45, 2.75) is 19.6 Å². The predicted octanol–water partition coefficient (Wildman–Crippen LogP) is 3.89. The molecule has 1 heterocycles. The molecule has 0 spiro atoms. The molecule has 0 radical (unpaired) electrons. The number of nitrogens with zero attached hydrogens (tertiary/aromatic N) is 1. The molecule has 2 aromatic carbocycles. The molecule has 1 atom stereocenters. The Morgan fingerprint density at radius 2 is 2.00 bits per heavy atom. The van der Waals surface area contributed by atoms with Crippen molar-refractivity contribution in [3.8, 4) is 11.5 Å². The van der Waals surface area contributed by atoms with Gasteiger partial charge in [0, 0.05) is 6.07 Å². The summed E-state index contributed by atoms with van der Waals surface area (Å²) < 4.78 is 29.0. The van der Waals surface area contributed by atoms with Crippen molar-refractivity contribution >= 4 is 5.91 Å². The maximum absolute atomic E-state index is 13.1. The van der Waals surface area contributed by atoms with Crippen LogP contribution >= 0.6 is 0 Å². The van der Waals surface area contributed by atoms with Crippen molar-refractivity contribution in [3.05, 3.63) is 77.8 Å². The lowest BCUT2D eigenvalue weighted by Crippen LogP contribution is -2.27. The van der Waals surface area contributed by atoms with Gasteiger partial charge in [-0.05, 0) is 36.8 Å². The Morgan fingerprint density at radius 1 is 1.22 bits per heavy atom. The Hall–Kier alpha value is -3.35. The number of hydrogen-bond donors (Lipinski definition) is 1. The van der Waals surface area contributed by atoms with Crippen LogP contribution in [0.4, 0.5) is 4.39 Å². The van der Waals surface area contributed by atoms with Gasteiger partial charge in [-0.2, -0.15) is 0 Å². The number of methoxy groups -OCH3 is 1. The van der Waals surface area contributed by atoms with Crippen LogP contribution in [0.2, 0.25) is 0 Å². The van der Waals surface area contributed by atoms with E-state index in [2.05, 4.69) is 10.3 Å². The normalized spacial score (nSPS) is 11.7. The van der Waals surface area contributed by atoms with Crippen LogP contribution in [0.3, 0.4) is 0 Å². The van der Waals surface area contributed by atoms with E-state index in [-0.39, 0.29) is 30.1 Å². The molecule has 3 aromatic rings. The van der Waals surface area contributed by atoms with E-state index < -0.39 is 5.82 Å². The maximum Gasteiger partial charge on any atom is 0.273 e. The minimum absolute atomic E-state index is 0.0117. The SMILES string of the molecule is COc1cccc([C@@H](C)NC(=O)c2coc(COc3cccc(F)c3)n2)c1. The number of benzene rings is 2. The summed E-state index contributed by atoms with van der Waals surface area (Å²) in [5.74, 6) is 0.522. The Morgan fingerprint density at radius 3 is 2.78 bits per heavy atom. The molecule has 0 aliphatic rings. The van der Waals surface area contributed by atoms with Crippen LogP contribution in [-0.2, 0) is 6.61 Å². The molecule has 27 heavy (non-hydrogen) atoms. The van der Waals surface area contributed by atoms with E-state index in [1.807, 2.05) is 31.2 Å². The van der Waals surface area contributed by atoms with E-state index in [0.29, 0.717) is 11.5 Å². The summed E-state index contributed by atoms with van der Waals surface area (Å²) in [6, 6.07) is 12.9. The van der Waals surface area contributed by atoms with Crippen molar-refractivity contribution in [2.75, 3.05) is 7.11 Å². The molecular formula is C20H19FN2O4. The van der Waals surface area contributed by atoms with Crippen LogP contribution in [-0.4, -0.2) is 18.0 Å². The van der Waals surface area contributed by atoms with Gasteiger partial charge in [-0.15, -0.1) is 0 Å². The molecule has 1 N–H and O–H groups in total. The lowest BCUT2D eigenvalue weighted by Gasteiger charge is -2.14.